The van der Waals surface area contributed by atoms with Crippen molar-refractivity contribution in [2.45, 2.75) is 64.8 Å². The number of hydrogen-bond donors (Lipinski definition) is 3. The Bertz CT molecular complexity index is 1330. The molecular weight excluding hydrogens is 485 g/mol. The molecule has 2 aromatic heterocycles. The summed E-state index contributed by atoms with van der Waals surface area (Å²) >= 11 is 0. The molecule has 1 saturated carbocycles. The van der Waals surface area contributed by atoms with Gasteiger partial charge in [-0.25, -0.2) is 4.39 Å². The molecule has 1 aliphatic carbocycles. The zero-order valence-corrected chi connectivity index (χ0v) is 21.8. The van der Waals surface area contributed by atoms with Gasteiger partial charge in [0, 0.05) is 44.0 Å². The fourth-order valence-electron chi connectivity index (χ4n) is 5.71. The number of anilines is 1. The highest BCUT2D eigenvalue weighted by molar-refractivity contribution is 6.01. The van der Waals surface area contributed by atoms with Crippen LogP contribution in [-0.4, -0.2) is 35.1 Å². The number of fused-ring (bicyclic) bond motifs is 1. The summed E-state index contributed by atoms with van der Waals surface area (Å²) in [4.78, 5) is 26.8. The molecule has 1 aliphatic heterocycles. The number of rotatable bonds is 6. The monoisotopic (exact) mass is 519 g/mol. The number of aryl methyl sites for hydroxylation is 1. The number of benzene rings is 1. The second kappa shape index (κ2) is 10.9. The Morgan fingerprint density at radius 1 is 1.08 bits per heavy atom. The van der Waals surface area contributed by atoms with Gasteiger partial charge in [-0.15, -0.1) is 0 Å². The third kappa shape index (κ3) is 5.29. The molecule has 5 rings (SSSR count). The number of amides is 2. The summed E-state index contributed by atoms with van der Waals surface area (Å²) in [5, 5.41) is 21.3. The number of alkyl halides is 1. The molecule has 2 amide bonds. The van der Waals surface area contributed by atoms with Crippen molar-refractivity contribution in [2.75, 3.05) is 11.9 Å². The molecule has 8 nitrogen and oxygen atoms in total. The Hall–Kier alpha value is -3.72. The molecule has 0 unspecified atom stereocenters. The summed E-state index contributed by atoms with van der Waals surface area (Å²) < 4.78 is 16.7. The van der Waals surface area contributed by atoms with E-state index in [-0.39, 0.29) is 17.7 Å². The molecule has 1 atom stereocenters. The Morgan fingerprint density at radius 3 is 2.55 bits per heavy atom. The van der Waals surface area contributed by atoms with E-state index in [2.05, 4.69) is 16.0 Å². The molecule has 3 aromatic rings. The maximum absolute atomic E-state index is 13.9. The summed E-state index contributed by atoms with van der Waals surface area (Å²) in [5.41, 5.74) is 5.49. The normalized spacial score (nSPS) is 19.9. The van der Waals surface area contributed by atoms with Crippen molar-refractivity contribution in [1.29, 1.82) is 0 Å². The number of carbonyl (C=O) groups excluding carboxylic acids is 2. The molecule has 0 radical (unpaired) electrons. The number of aromatic nitrogens is 2. The van der Waals surface area contributed by atoms with Crippen molar-refractivity contribution in [3.63, 3.8) is 0 Å². The first-order chi connectivity index (χ1) is 18.3. The van der Waals surface area contributed by atoms with E-state index in [0.717, 1.165) is 33.7 Å². The van der Waals surface area contributed by atoms with Crippen LogP contribution < -0.4 is 20.7 Å². The second-order valence-corrected chi connectivity index (χ2v) is 10.4. The van der Waals surface area contributed by atoms with Crippen LogP contribution in [0.15, 0.2) is 48.7 Å². The van der Waals surface area contributed by atoms with Crippen LogP contribution in [0.4, 0.5) is 10.1 Å². The van der Waals surface area contributed by atoms with Crippen LogP contribution in [0.25, 0.3) is 11.1 Å². The predicted molar refractivity (Wildman–Crippen MR) is 143 cm³/mol. The Morgan fingerprint density at radius 2 is 1.82 bits per heavy atom. The summed E-state index contributed by atoms with van der Waals surface area (Å²) in [5.74, 6) is -0.758. The lowest BCUT2D eigenvalue weighted by Gasteiger charge is -2.31. The minimum absolute atomic E-state index is 0.148. The zero-order chi connectivity index (χ0) is 26.8. The van der Waals surface area contributed by atoms with E-state index < -0.39 is 12.2 Å². The van der Waals surface area contributed by atoms with Crippen molar-refractivity contribution in [3.8, 4) is 11.1 Å². The fourth-order valence-corrected chi connectivity index (χ4v) is 5.71. The topological polar surface area (TPSA) is 102 Å². The van der Waals surface area contributed by atoms with E-state index >= 15 is 0 Å². The van der Waals surface area contributed by atoms with Crippen LogP contribution in [0, 0.1) is 25.0 Å². The molecule has 0 saturated heterocycles. The second-order valence-electron chi connectivity index (χ2n) is 10.4. The van der Waals surface area contributed by atoms with Crippen LogP contribution in [0.3, 0.4) is 0 Å². The SMILES string of the molecule is Cc1cc[n+]([O-])c(C)c1-c1ccc(NC(=O)[C@@H](NC(=O)c2ccc3n2CCNC3)C2CCC(F)CC2)cc1. The number of nitrogens with zero attached hydrogens (tertiary/aromatic N) is 2. The fraction of sp³-hybridized carbons (Fsp3) is 0.414. The highest BCUT2D eigenvalue weighted by Crippen LogP contribution is 2.30. The van der Waals surface area contributed by atoms with Gasteiger partial charge in [-0.3, -0.25) is 9.59 Å². The van der Waals surface area contributed by atoms with Gasteiger partial charge in [-0.05, 0) is 73.9 Å². The van der Waals surface area contributed by atoms with Crippen LogP contribution in [0.1, 0.15) is 53.1 Å². The average Bonchev–Trinajstić information content (AvgIpc) is 3.35. The van der Waals surface area contributed by atoms with Crippen LogP contribution in [0.5, 0.6) is 0 Å². The summed E-state index contributed by atoms with van der Waals surface area (Å²) in [6, 6.07) is 12.1. The molecule has 2 aliphatic rings. The Labute approximate surface area is 221 Å². The summed E-state index contributed by atoms with van der Waals surface area (Å²) in [6.07, 6.45) is 2.49. The van der Waals surface area contributed by atoms with E-state index in [9.17, 15) is 19.2 Å². The molecule has 9 heteroatoms. The highest BCUT2D eigenvalue weighted by Gasteiger charge is 2.34. The molecule has 3 N–H and O–H groups in total. The van der Waals surface area contributed by atoms with Crippen LogP contribution in [-0.2, 0) is 17.9 Å². The van der Waals surface area contributed by atoms with Crippen molar-refractivity contribution in [2.24, 2.45) is 5.92 Å². The standard InChI is InChI=1S/C29H34FN5O3/c1-18-13-15-35(38)19(2)26(18)20-5-9-23(10-6-20)32-29(37)27(21-3-7-22(30)8-4-21)33-28(36)25-12-11-24-17-31-14-16-34(24)25/h5-6,9-13,15,21-22,27,31H,3-4,7-8,14,16-17H2,1-2H3,(H,32,37)(H,33,36)/t21?,22?,27-/m0/s1. The minimum atomic E-state index is -0.860. The van der Waals surface area contributed by atoms with E-state index in [0.29, 0.717) is 55.8 Å². The number of hydrogen-bond acceptors (Lipinski definition) is 4. The van der Waals surface area contributed by atoms with E-state index in [1.54, 1.807) is 31.2 Å². The van der Waals surface area contributed by atoms with Gasteiger partial charge < -0.3 is 25.7 Å². The van der Waals surface area contributed by atoms with Gasteiger partial charge in [0.25, 0.3) is 5.91 Å². The minimum Gasteiger partial charge on any atom is -0.618 e. The van der Waals surface area contributed by atoms with Gasteiger partial charge in [0.05, 0.1) is 5.56 Å². The molecule has 3 heterocycles. The lowest BCUT2D eigenvalue weighted by atomic mass is 9.82. The zero-order valence-electron chi connectivity index (χ0n) is 21.8. The molecule has 1 fully saturated rings. The molecule has 0 bridgehead atoms. The molecule has 0 spiro atoms. The predicted octanol–water partition coefficient (Wildman–Crippen LogP) is 3.77. The van der Waals surface area contributed by atoms with Crippen molar-refractivity contribution in [3.05, 3.63) is 76.5 Å². The van der Waals surface area contributed by atoms with Crippen molar-refractivity contribution in [1.82, 2.24) is 15.2 Å². The number of halogens is 1. The van der Waals surface area contributed by atoms with Gasteiger partial charge in [0.2, 0.25) is 5.91 Å². The molecule has 38 heavy (non-hydrogen) atoms. The first kappa shape index (κ1) is 25.9. The third-order valence-electron chi connectivity index (χ3n) is 7.85. The van der Waals surface area contributed by atoms with Gasteiger partial charge in [-0.1, -0.05) is 12.1 Å². The summed E-state index contributed by atoms with van der Waals surface area (Å²) in [6.45, 7) is 5.90. The molecule has 200 valence electrons. The highest BCUT2D eigenvalue weighted by atomic mass is 19.1. The average molecular weight is 520 g/mol. The van der Waals surface area contributed by atoms with Gasteiger partial charge in [-0.2, -0.15) is 4.73 Å². The third-order valence-corrected chi connectivity index (χ3v) is 7.85. The lowest BCUT2D eigenvalue weighted by molar-refractivity contribution is -0.611. The quantitative estimate of drug-likeness (QED) is 0.341. The largest absolute Gasteiger partial charge is 0.618 e. The van der Waals surface area contributed by atoms with Gasteiger partial charge >= 0.3 is 0 Å². The molecular formula is C29H34FN5O3. The number of nitrogens with one attached hydrogen (secondary N) is 3. The Balaban J connectivity index is 1.34. The van der Waals surface area contributed by atoms with Crippen LogP contribution >= 0.6 is 0 Å². The van der Waals surface area contributed by atoms with Gasteiger partial charge in [0.1, 0.15) is 17.9 Å². The number of pyridine rings is 1. The van der Waals surface area contributed by atoms with E-state index in [1.165, 1.54) is 6.20 Å². The lowest BCUT2D eigenvalue weighted by Crippen LogP contribution is -2.50. The van der Waals surface area contributed by atoms with Crippen LogP contribution in [0.2, 0.25) is 0 Å². The summed E-state index contributed by atoms with van der Waals surface area (Å²) in [7, 11) is 0. The first-order valence-electron chi connectivity index (χ1n) is 13.3. The maximum Gasteiger partial charge on any atom is 0.268 e. The molecule has 1 aromatic carbocycles. The van der Waals surface area contributed by atoms with E-state index in [1.807, 2.05) is 29.7 Å². The number of carbonyl (C=O) groups is 2. The smallest absolute Gasteiger partial charge is 0.268 e. The van der Waals surface area contributed by atoms with E-state index in [4.69, 9.17) is 0 Å². The Kier molecular flexibility index (Phi) is 7.46. The van der Waals surface area contributed by atoms with Crippen molar-refractivity contribution < 1.29 is 18.7 Å². The van der Waals surface area contributed by atoms with Gasteiger partial charge in [0.15, 0.2) is 11.9 Å². The maximum atomic E-state index is 13.9. The first-order valence-corrected chi connectivity index (χ1v) is 13.3. The van der Waals surface area contributed by atoms with Crippen molar-refractivity contribution >= 4 is 17.5 Å².